The van der Waals surface area contributed by atoms with E-state index < -0.39 is 39.9 Å². The molecule has 2 N–H and O–H groups in total. The minimum atomic E-state index is -4.85. The molecule has 1 aliphatic rings. The molecule has 1 aliphatic carbocycles. The molecule has 2 aromatic rings. The number of carbonyl (C=O) groups is 1. The van der Waals surface area contributed by atoms with Crippen molar-refractivity contribution in [3.05, 3.63) is 65.2 Å². The van der Waals surface area contributed by atoms with Crippen LogP contribution in [0.2, 0.25) is 0 Å². The number of aliphatic hydroxyl groups is 1. The number of hydrogen-bond donors (Lipinski definition) is 2. The van der Waals surface area contributed by atoms with Crippen molar-refractivity contribution in [1.29, 1.82) is 0 Å². The summed E-state index contributed by atoms with van der Waals surface area (Å²) in [6.07, 6.45) is -3.46. The normalized spacial score (nSPS) is 16.5. The molecule has 0 radical (unpaired) electrons. The van der Waals surface area contributed by atoms with Gasteiger partial charge in [0.15, 0.2) is 15.4 Å². The van der Waals surface area contributed by atoms with Gasteiger partial charge in [0, 0.05) is 12.1 Å². The van der Waals surface area contributed by atoms with Crippen LogP contribution in [0.1, 0.15) is 54.6 Å². The second-order valence-electron chi connectivity index (χ2n) is 9.08. The van der Waals surface area contributed by atoms with Crippen LogP contribution in [-0.4, -0.2) is 31.4 Å². The smallest absolute Gasteiger partial charge is 0.376 e. The van der Waals surface area contributed by atoms with E-state index in [0.29, 0.717) is 5.56 Å². The van der Waals surface area contributed by atoms with Crippen LogP contribution in [0.3, 0.4) is 0 Å². The van der Waals surface area contributed by atoms with E-state index in [9.17, 15) is 31.5 Å². The summed E-state index contributed by atoms with van der Waals surface area (Å²) in [7, 11) is -3.31. The number of hydrogen-bond acceptors (Lipinski definition) is 4. The Labute approximate surface area is 191 Å². The first kappa shape index (κ1) is 25.2. The average Bonchev–Trinajstić information content (AvgIpc) is 3.54. The Balaban J connectivity index is 1.64. The summed E-state index contributed by atoms with van der Waals surface area (Å²) in [5.74, 6) is -0.487. The lowest BCUT2D eigenvalue weighted by Gasteiger charge is -2.32. The van der Waals surface area contributed by atoms with E-state index in [1.54, 1.807) is 26.0 Å². The topological polar surface area (TPSA) is 83.5 Å². The molecule has 0 spiro atoms. The summed E-state index contributed by atoms with van der Waals surface area (Å²) < 4.78 is 65.2. The summed E-state index contributed by atoms with van der Waals surface area (Å²) in [5, 5.41) is 13.0. The maximum atomic E-state index is 13.5. The van der Waals surface area contributed by atoms with E-state index in [0.717, 1.165) is 25.0 Å². The fourth-order valence-corrected chi connectivity index (χ4v) is 5.37. The Bertz CT molecular complexity index is 1080. The van der Waals surface area contributed by atoms with Gasteiger partial charge < -0.3 is 10.4 Å². The van der Waals surface area contributed by atoms with Gasteiger partial charge in [-0.2, -0.15) is 13.2 Å². The highest BCUT2D eigenvalue weighted by molar-refractivity contribution is 7.91. The van der Waals surface area contributed by atoms with Gasteiger partial charge in [0.1, 0.15) is 0 Å². The number of rotatable bonds is 9. The third kappa shape index (κ3) is 6.14. The van der Waals surface area contributed by atoms with Crippen molar-refractivity contribution in [2.45, 2.75) is 56.3 Å². The predicted molar refractivity (Wildman–Crippen MR) is 118 cm³/mol. The zero-order valence-electron chi connectivity index (χ0n) is 18.5. The fraction of sp³-hybridized carbons (Fsp3) is 0.458. The molecule has 1 amide bonds. The highest BCUT2D eigenvalue weighted by Crippen LogP contribution is 2.43. The van der Waals surface area contributed by atoms with Crippen LogP contribution in [-0.2, 0) is 22.0 Å². The Morgan fingerprint density at radius 2 is 1.64 bits per heavy atom. The van der Waals surface area contributed by atoms with Gasteiger partial charge in [0.05, 0.1) is 10.6 Å². The molecule has 3 rings (SSSR count). The summed E-state index contributed by atoms with van der Waals surface area (Å²) in [4.78, 5) is 12.7. The lowest BCUT2D eigenvalue weighted by Crippen LogP contribution is -2.43. The van der Waals surface area contributed by atoms with Crippen molar-refractivity contribution in [1.82, 2.24) is 5.32 Å². The number of benzene rings is 2. The van der Waals surface area contributed by atoms with Crippen LogP contribution >= 0.6 is 0 Å². The van der Waals surface area contributed by atoms with Crippen LogP contribution in [0.4, 0.5) is 13.2 Å². The number of nitrogens with one attached hydrogen (secondary N) is 1. The lowest BCUT2D eigenvalue weighted by molar-refractivity contribution is -0.272. The van der Waals surface area contributed by atoms with Crippen LogP contribution < -0.4 is 5.32 Å². The van der Waals surface area contributed by atoms with Gasteiger partial charge >= 0.3 is 6.18 Å². The van der Waals surface area contributed by atoms with Crippen molar-refractivity contribution >= 4 is 15.7 Å². The molecule has 1 fully saturated rings. The van der Waals surface area contributed by atoms with E-state index in [-0.39, 0.29) is 34.2 Å². The highest BCUT2D eigenvalue weighted by atomic mass is 32.2. The summed E-state index contributed by atoms with van der Waals surface area (Å²) in [5.41, 5.74) is -2.47. The molecule has 0 bridgehead atoms. The van der Waals surface area contributed by atoms with E-state index in [1.165, 1.54) is 24.3 Å². The van der Waals surface area contributed by atoms with E-state index >= 15 is 0 Å². The van der Waals surface area contributed by atoms with Crippen molar-refractivity contribution in [2.75, 3.05) is 5.75 Å². The monoisotopic (exact) mass is 483 g/mol. The van der Waals surface area contributed by atoms with E-state index in [1.807, 2.05) is 0 Å². The predicted octanol–water partition coefficient (Wildman–Crippen LogP) is 4.60. The largest absolute Gasteiger partial charge is 0.421 e. The zero-order valence-corrected chi connectivity index (χ0v) is 19.3. The highest BCUT2D eigenvalue weighted by Gasteiger charge is 2.54. The molecule has 0 aromatic heterocycles. The number of sulfone groups is 1. The van der Waals surface area contributed by atoms with Crippen molar-refractivity contribution in [2.24, 2.45) is 11.8 Å². The van der Waals surface area contributed by atoms with Crippen molar-refractivity contribution < 1.29 is 31.5 Å². The van der Waals surface area contributed by atoms with Gasteiger partial charge in [-0.1, -0.05) is 38.1 Å². The van der Waals surface area contributed by atoms with Crippen molar-refractivity contribution in [3.63, 3.8) is 0 Å². The number of amides is 1. The van der Waals surface area contributed by atoms with E-state index in [2.05, 4.69) is 5.32 Å². The van der Waals surface area contributed by atoms with Gasteiger partial charge in [0.25, 0.3) is 5.91 Å². The molecular formula is C24H28F3NO4S. The van der Waals surface area contributed by atoms with Crippen LogP contribution in [0.15, 0.2) is 53.4 Å². The van der Waals surface area contributed by atoms with Crippen molar-refractivity contribution in [3.8, 4) is 0 Å². The Morgan fingerprint density at radius 1 is 1.06 bits per heavy atom. The summed E-state index contributed by atoms with van der Waals surface area (Å²) in [6, 6.07) is 11.0. The standard InChI is InChI=1S/C24H28F3NO4S/c1-16(2)13-23(30,24(25,26)27)20-9-7-19(8-10-20)22(29)28-14-17-5-11-21(12-6-17)33(31,32)15-18-3-4-18/h5-12,16,18,30H,3-4,13-15H2,1-2H3,(H,28,29). The molecule has 1 saturated carbocycles. The molecular weight excluding hydrogens is 455 g/mol. The Kier molecular flexibility index (Phi) is 7.24. The van der Waals surface area contributed by atoms with Crippen LogP contribution in [0.25, 0.3) is 0 Å². The molecule has 1 atom stereocenters. The first-order valence-electron chi connectivity index (χ1n) is 10.8. The Hall–Kier alpha value is -2.39. The van der Waals surface area contributed by atoms with Gasteiger partial charge in [-0.25, -0.2) is 8.42 Å². The van der Waals surface area contributed by atoms with Gasteiger partial charge in [0.2, 0.25) is 0 Å². The molecule has 0 aliphatic heterocycles. The van der Waals surface area contributed by atoms with Crippen LogP contribution in [0, 0.1) is 11.8 Å². The van der Waals surface area contributed by atoms with Gasteiger partial charge in [-0.3, -0.25) is 4.79 Å². The molecule has 180 valence electrons. The summed E-state index contributed by atoms with van der Waals surface area (Å²) >= 11 is 0. The molecule has 9 heteroatoms. The fourth-order valence-electron chi connectivity index (χ4n) is 3.68. The first-order valence-corrected chi connectivity index (χ1v) is 12.5. The number of halogens is 3. The molecule has 0 heterocycles. The van der Waals surface area contributed by atoms with Crippen LogP contribution in [0.5, 0.6) is 0 Å². The summed E-state index contributed by atoms with van der Waals surface area (Å²) in [6.45, 7) is 3.31. The molecule has 33 heavy (non-hydrogen) atoms. The maximum absolute atomic E-state index is 13.5. The third-order valence-corrected chi connectivity index (χ3v) is 7.59. The Morgan fingerprint density at radius 3 is 2.12 bits per heavy atom. The molecule has 0 saturated heterocycles. The number of carbonyl (C=O) groups excluding carboxylic acids is 1. The van der Waals surface area contributed by atoms with E-state index in [4.69, 9.17) is 0 Å². The zero-order chi connectivity index (χ0) is 24.4. The molecule has 1 unspecified atom stereocenters. The third-order valence-electron chi connectivity index (χ3n) is 5.68. The quantitative estimate of drug-likeness (QED) is 0.546. The minimum absolute atomic E-state index is 0.128. The molecule has 2 aromatic carbocycles. The molecule has 5 nitrogen and oxygen atoms in total. The SMILES string of the molecule is CC(C)CC(O)(c1ccc(C(=O)NCc2ccc(S(=O)(=O)CC3CC3)cc2)cc1)C(F)(F)F. The second-order valence-corrected chi connectivity index (χ2v) is 11.1. The first-order chi connectivity index (χ1) is 15.3. The van der Waals surface area contributed by atoms with Gasteiger partial charge in [-0.05, 0) is 66.5 Å². The van der Waals surface area contributed by atoms with Gasteiger partial charge in [-0.15, -0.1) is 0 Å². The second kappa shape index (κ2) is 9.46. The maximum Gasteiger partial charge on any atom is 0.421 e. The minimum Gasteiger partial charge on any atom is -0.376 e. The average molecular weight is 484 g/mol. The lowest BCUT2D eigenvalue weighted by atomic mass is 9.84. The number of alkyl halides is 3.